The molecular formula is C12H8Br2N2O3S. The van der Waals surface area contributed by atoms with Gasteiger partial charge in [0.2, 0.25) is 0 Å². The molecule has 0 aliphatic heterocycles. The number of nitrogens with zero attached hydrogens (tertiary/aromatic N) is 1. The third-order valence-electron chi connectivity index (χ3n) is 2.48. The van der Waals surface area contributed by atoms with E-state index in [0.717, 1.165) is 9.35 Å². The second-order valence-corrected chi connectivity index (χ2v) is 7.17. The summed E-state index contributed by atoms with van der Waals surface area (Å²) in [4.78, 5) is 22.9. The van der Waals surface area contributed by atoms with Crippen molar-refractivity contribution >= 4 is 60.5 Å². The van der Waals surface area contributed by atoms with Crippen molar-refractivity contribution in [3.8, 4) is 0 Å². The van der Waals surface area contributed by atoms with E-state index in [1.165, 1.54) is 23.5 Å². The van der Waals surface area contributed by atoms with Crippen LogP contribution in [0.25, 0.3) is 0 Å². The van der Waals surface area contributed by atoms with Crippen LogP contribution in [0.3, 0.4) is 0 Å². The zero-order valence-electron chi connectivity index (χ0n) is 10.1. The molecule has 1 aromatic heterocycles. The average Bonchev–Trinajstić information content (AvgIpc) is 2.72. The quantitative estimate of drug-likeness (QED) is 0.576. The minimum absolute atomic E-state index is 0.0914. The highest BCUT2D eigenvalue weighted by atomic mass is 79.9. The van der Waals surface area contributed by atoms with Crippen LogP contribution in [0.1, 0.15) is 15.2 Å². The Morgan fingerprint density at radius 1 is 1.35 bits per heavy atom. The SMILES string of the molecule is Cc1cc(C(=O)Nc2ccc(Br)c([N+](=O)[O-])c2)sc1Br. The molecule has 1 N–H and O–H groups in total. The van der Waals surface area contributed by atoms with E-state index in [2.05, 4.69) is 37.2 Å². The Bertz CT molecular complexity index is 681. The Morgan fingerprint density at radius 3 is 2.60 bits per heavy atom. The van der Waals surface area contributed by atoms with Crippen LogP contribution in [0, 0.1) is 17.0 Å². The third kappa shape index (κ3) is 3.25. The van der Waals surface area contributed by atoms with Gasteiger partial charge >= 0.3 is 0 Å². The third-order valence-corrected chi connectivity index (χ3v) is 5.29. The largest absolute Gasteiger partial charge is 0.321 e. The van der Waals surface area contributed by atoms with Crippen molar-refractivity contribution in [1.29, 1.82) is 0 Å². The number of amides is 1. The zero-order valence-corrected chi connectivity index (χ0v) is 14.1. The lowest BCUT2D eigenvalue weighted by Gasteiger charge is -2.04. The summed E-state index contributed by atoms with van der Waals surface area (Å²) in [7, 11) is 0. The van der Waals surface area contributed by atoms with Gasteiger partial charge in [-0.05, 0) is 62.5 Å². The lowest BCUT2D eigenvalue weighted by atomic mass is 10.2. The number of nitro groups is 1. The smallest absolute Gasteiger partial charge is 0.285 e. The van der Waals surface area contributed by atoms with Crippen LogP contribution in [0.5, 0.6) is 0 Å². The first-order chi connectivity index (χ1) is 9.38. The number of carbonyl (C=O) groups excluding carboxylic acids is 1. The van der Waals surface area contributed by atoms with Gasteiger partial charge in [-0.3, -0.25) is 14.9 Å². The number of rotatable bonds is 3. The second kappa shape index (κ2) is 6.02. The van der Waals surface area contributed by atoms with Gasteiger partial charge in [-0.15, -0.1) is 11.3 Å². The highest BCUT2D eigenvalue weighted by Gasteiger charge is 2.15. The van der Waals surface area contributed by atoms with Crippen LogP contribution in [0.2, 0.25) is 0 Å². The number of benzene rings is 1. The van der Waals surface area contributed by atoms with E-state index in [4.69, 9.17) is 0 Å². The van der Waals surface area contributed by atoms with Crippen molar-refractivity contribution in [2.45, 2.75) is 6.92 Å². The molecule has 2 rings (SSSR count). The van der Waals surface area contributed by atoms with Crippen LogP contribution >= 0.6 is 43.2 Å². The Balaban J connectivity index is 2.24. The highest BCUT2D eigenvalue weighted by molar-refractivity contribution is 9.11. The summed E-state index contributed by atoms with van der Waals surface area (Å²) in [5, 5.41) is 13.5. The maximum atomic E-state index is 12.0. The summed E-state index contributed by atoms with van der Waals surface area (Å²) in [5.74, 6) is -0.291. The van der Waals surface area contributed by atoms with Gasteiger partial charge < -0.3 is 5.32 Å². The van der Waals surface area contributed by atoms with E-state index in [0.29, 0.717) is 15.0 Å². The van der Waals surface area contributed by atoms with E-state index in [1.54, 1.807) is 12.1 Å². The summed E-state index contributed by atoms with van der Waals surface area (Å²) >= 11 is 7.77. The van der Waals surface area contributed by atoms with E-state index in [-0.39, 0.29) is 11.6 Å². The van der Waals surface area contributed by atoms with Gasteiger partial charge in [-0.25, -0.2) is 0 Å². The maximum absolute atomic E-state index is 12.0. The lowest BCUT2D eigenvalue weighted by Crippen LogP contribution is -2.10. The molecule has 0 fully saturated rings. The summed E-state index contributed by atoms with van der Waals surface area (Å²) in [6.45, 7) is 1.89. The average molecular weight is 420 g/mol. The lowest BCUT2D eigenvalue weighted by molar-refractivity contribution is -0.385. The molecule has 0 bridgehead atoms. The molecule has 0 aliphatic rings. The van der Waals surface area contributed by atoms with Crippen molar-refractivity contribution in [1.82, 2.24) is 0 Å². The molecule has 0 aliphatic carbocycles. The van der Waals surface area contributed by atoms with Gasteiger partial charge in [0.1, 0.15) is 0 Å². The molecule has 5 nitrogen and oxygen atoms in total. The minimum atomic E-state index is -0.508. The molecular weight excluding hydrogens is 412 g/mol. The number of halogens is 2. The number of hydrogen-bond acceptors (Lipinski definition) is 4. The van der Waals surface area contributed by atoms with Crippen molar-refractivity contribution in [3.05, 3.63) is 53.1 Å². The van der Waals surface area contributed by atoms with Crippen LogP contribution in [-0.2, 0) is 0 Å². The maximum Gasteiger partial charge on any atom is 0.285 e. The molecule has 0 unspecified atom stereocenters. The summed E-state index contributed by atoms with van der Waals surface area (Å²) in [6, 6.07) is 6.21. The first-order valence-electron chi connectivity index (χ1n) is 5.39. The van der Waals surface area contributed by atoms with Gasteiger partial charge in [0.25, 0.3) is 11.6 Å². The van der Waals surface area contributed by atoms with Crippen molar-refractivity contribution < 1.29 is 9.72 Å². The molecule has 1 aromatic carbocycles. The molecule has 0 spiro atoms. The fourth-order valence-corrected chi connectivity index (χ4v) is 3.32. The monoisotopic (exact) mass is 418 g/mol. The van der Waals surface area contributed by atoms with Crippen LogP contribution in [0.15, 0.2) is 32.5 Å². The predicted molar refractivity (Wildman–Crippen MR) is 85.5 cm³/mol. The highest BCUT2D eigenvalue weighted by Crippen LogP contribution is 2.30. The summed E-state index contributed by atoms with van der Waals surface area (Å²) < 4.78 is 1.26. The van der Waals surface area contributed by atoms with Crippen LogP contribution in [-0.4, -0.2) is 10.8 Å². The van der Waals surface area contributed by atoms with E-state index in [9.17, 15) is 14.9 Å². The van der Waals surface area contributed by atoms with Crippen LogP contribution in [0.4, 0.5) is 11.4 Å². The number of anilines is 1. The number of nitrogens with one attached hydrogen (secondary N) is 1. The van der Waals surface area contributed by atoms with Gasteiger partial charge in [-0.1, -0.05) is 0 Å². The molecule has 0 atom stereocenters. The van der Waals surface area contributed by atoms with Crippen molar-refractivity contribution in [3.63, 3.8) is 0 Å². The summed E-state index contributed by atoms with van der Waals surface area (Å²) in [6.07, 6.45) is 0. The first-order valence-corrected chi connectivity index (χ1v) is 7.80. The molecule has 2 aromatic rings. The normalized spacial score (nSPS) is 10.3. The van der Waals surface area contributed by atoms with Gasteiger partial charge in [0.05, 0.1) is 18.1 Å². The van der Waals surface area contributed by atoms with E-state index < -0.39 is 4.92 Å². The molecule has 1 amide bonds. The number of thiophene rings is 1. The standard InChI is InChI=1S/C12H8Br2N2O3S/c1-6-4-10(20-11(6)14)12(17)15-7-2-3-8(13)9(5-7)16(18)19/h2-5H,1H3,(H,15,17). The number of nitro benzene ring substituents is 1. The zero-order chi connectivity index (χ0) is 14.9. The van der Waals surface area contributed by atoms with Gasteiger partial charge in [-0.2, -0.15) is 0 Å². The Kier molecular flexibility index (Phi) is 4.56. The van der Waals surface area contributed by atoms with E-state index >= 15 is 0 Å². The molecule has 104 valence electrons. The van der Waals surface area contributed by atoms with Crippen molar-refractivity contribution in [2.24, 2.45) is 0 Å². The predicted octanol–water partition coefficient (Wildman–Crippen LogP) is 4.74. The molecule has 0 saturated carbocycles. The number of carbonyl (C=O) groups is 1. The molecule has 1 heterocycles. The second-order valence-electron chi connectivity index (χ2n) is 3.94. The minimum Gasteiger partial charge on any atom is -0.321 e. The topological polar surface area (TPSA) is 72.2 Å². The van der Waals surface area contributed by atoms with Gasteiger partial charge in [0, 0.05) is 11.8 Å². The Labute approximate surface area is 135 Å². The fraction of sp³-hybridized carbons (Fsp3) is 0.0833. The number of aryl methyl sites for hydroxylation is 1. The fourth-order valence-electron chi connectivity index (χ4n) is 1.49. The van der Waals surface area contributed by atoms with E-state index in [1.807, 2.05) is 6.92 Å². The first kappa shape index (κ1) is 15.1. The van der Waals surface area contributed by atoms with Crippen molar-refractivity contribution in [2.75, 3.05) is 5.32 Å². The molecule has 0 radical (unpaired) electrons. The number of hydrogen-bond donors (Lipinski definition) is 1. The summed E-state index contributed by atoms with van der Waals surface area (Å²) in [5.41, 5.74) is 1.26. The molecule has 20 heavy (non-hydrogen) atoms. The Morgan fingerprint density at radius 2 is 2.05 bits per heavy atom. The molecule has 0 saturated heterocycles. The molecule has 8 heteroatoms. The van der Waals surface area contributed by atoms with Crippen LogP contribution < -0.4 is 5.32 Å². The Hall–Kier alpha value is -1.25. The van der Waals surface area contributed by atoms with Gasteiger partial charge in [0.15, 0.2) is 0 Å².